The van der Waals surface area contributed by atoms with Gasteiger partial charge in [-0.3, -0.25) is 9.59 Å². The molecule has 0 radical (unpaired) electrons. The standard InChI is InChI=1S/C24H31F3N2O4/c1-15(2)23(8-5-19(12-23)28-9-6-16(7-10-28)21(30)31)22(32)29-13-17-11-18(24(25,26)27)3-4-20(17)33-14-29/h3-4,11,15-16,19H,5-10,12-14H2,1-2H3,(H,30,31)/t19-,23+/m1/s1. The molecule has 1 aromatic rings. The monoisotopic (exact) mass is 468 g/mol. The van der Waals surface area contributed by atoms with Gasteiger partial charge in [0, 0.05) is 11.6 Å². The van der Waals surface area contributed by atoms with E-state index < -0.39 is 23.1 Å². The zero-order valence-corrected chi connectivity index (χ0v) is 19.0. The van der Waals surface area contributed by atoms with Crippen LogP contribution < -0.4 is 4.74 Å². The zero-order valence-electron chi connectivity index (χ0n) is 19.0. The van der Waals surface area contributed by atoms with Gasteiger partial charge < -0.3 is 19.6 Å². The smallest absolute Gasteiger partial charge is 0.416 e. The molecular weight excluding hydrogens is 437 g/mol. The molecule has 2 heterocycles. The summed E-state index contributed by atoms with van der Waals surface area (Å²) in [5, 5.41) is 9.25. The number of hydrogen-bond donors (Lipinski definition) is 1. The number of nitrogens with zero attached hydrogens (tertiary/aromatic N) is 2. The maximum Gasteiger partial charge on any atom is 0.416 e. The van der Waals surface area contributed by atoms with E-state index in [1.54, 1.807) is 4.90 Å². The molecule has 1 aromatic carbocycles. The Hall–Kier alpha value is -2.29. The van der Waals surface area contributed by atoms with Crippen LogP contribution in [0.25, 0.3) is 0 Å². The quantitative estimate of drug-likeness (QED) is 0.711. The summed E-state index contributed by atoms with van der Waals surface area (Å²) in [6.45, 7) is 5.60. The predicted octanol–water partition coefficient (Wildman–Crippen LogP) is 4.38. The van der Waals surface area contributed by atoms with E-state index in [0.717, 1.165) is 18.6 Å². The molecule has 2 aliphatic heterocycles. The fraction of sp³-hybridized carbons (Fsp3) is 0.667. The van der Waals surface area contributed by atoms with Crippen molar-refractivity contribution in [1.29, 1.82) is 0 Å². The van der Waals surface area contributed by atoms with Crippen LogP contribution in [0.15, 0.2) is 18.2 Å². The fourth-order valence-corrected chi connectivity index (χ4v) is 5.70. The number of hydrogen-bond acceptors (Lipinski definition) is 4. The first-order chi connectivity index (χ1) is 15.5. The third-order valence-corrected chi connectivity index (χ3v) is 7.86. The molecule has 1 saturated heterocycles. The first-order valence-corrected chi connectivity index (χ1v) is 11.6. The number of amides is 1. The van der Waals surface area contributed by atoms with Crippen molar-refractivity contribution in [1.82, 2.24) is 9.80 Å². The van der Waals surface area contributed by atoms with E-state index in [1.807, 2.05) is 13.8 Å². The fourth-order valence-electron chi connectivity index (χ4n) is 5.70. The summed E-state index contributed by atoms with van der Waals surface area (Å²) >= 11 is 0. The third-order valence-electron chi connectivity index (χ3n) is 7.86. The molecule has 33 heavy (non-hydrogen) atoms. The number of carbonyl (C=O) groups is 2. The molecule has 0 spiro atoms. The normalized spacial score (nSPS) is 26.8. The van der Waals surface area contributed by atoms with Crippen LogP contribution in [0.1, 0.15) is 57.1 Å². The highest BCUT2D eigenvalue weighted by Gasteiger charge is 2.51. The first kappa shape index (κ1) is 23.9. The van der Waals surface area contributed by atoms with Crippen LogP contribution in [0.4, 0.5) is 13.2 Å². The zero-order chi connectivity index (χ0) is 24.0. The van der Waals surface area contributed by atoms with E-state index in [1.165, 1.54) is 6.07 Å². The largest absolute Gasteiger partial charge is 0.481 e. The van der Waals surface area contributed by atoms with Gasteiger partial charge in [0.05, 0.1) is 23.4 Å². The Morgan fingerprint density at radius 2 is 1.88 bits per heavy atom. The van der Waals surface area contributed by atoms with Gasteiger partial charge in [0.1, 0.15) is 5.75 Å². The number of alkyl halides is 3. The van der Waals surface area contributed by atoms with Crippen molar-refractivity contribution in [2.45, 2.75) is 64.7 Å². The van der Waals surface area contributed by atoms with E-state index in [2.05, 4.69) is 4.90 Å². The Labute approximate surface area is 191 Å². The van der Waals surface area contributed by atoms with E-state index in [0.29, 0.717) is 50.1 Å². The lowest BCUT2D eigenvalue weighted by molar-refractivity contribution is -0.150. The summed E-state index contributed by atoms with van der Waals surface area (Å²) in [7, 11) is 0. The van der Waals surface area contributed by atoms with Crippen LogP contribution in [-0.4, -0.2) is 52.6 Å². The highest BCUT2D eigenvalue weighted by atomic mass is 19.4. The molecule has 1 N–H and O–H groups in total. The molecule has 9 heteroatoms. The molecular formula is C24H31F3N2O4. The topological polar surface area (TPSA) is 70.1 Å². The highest BCUT2D eigenvalue weighted by Crippen LogP contribution is 2.48. The van der Waals surface area contributed by atoms with Gasteiger partial charge in [0.15, 0.2) is 6.73 Å². The average molecular weight is 469 g/mol. The summed E-state index contributed by atoms with van der Waals surface area (Å²) < 4.78 is 45.1. The number of fused-ring (bicyclic) bond motifs is 1. The number of piperidine rings is 1. The minimum absolute atomic E-state index is 0.0281. The number of likely N-dealkylation sites (tertiary alicyclic amines) is 1. The molecule has 3 aliphatic rings. The molecule has 1 amide bonds. The summed E-state index contributed by atoms with van der Waals surface area (Å²) in [6, 6.07) is 3.60. The number of ether oxygens (including phenoxy) is 1. The maximum absolute atomic E-state index is 13.8. The lowest BCUT2D eigenvalue weighted by Gasteiger charge is -2.40. The Kier molecular flexibility index (Phi) is 6.37. The van der Waals surface area contributed by atoms with E-state index >= 15 is 0 Å². The minimum Gasteiger partial charge on any atom is -0.481 e. The number of carboxylic acids is 1. The number of aliphatic carboxylic acids is 1. The molecule has 1 saturated carbocycles. The molecule has 6 nitrogen and oxygen atoms in total. The number of halogens is 3. The molecule has 1 aliphatic carbocycles. The maximum atomic E-state index is 13.8. The number of carbonyl (C=O) groups excluding carboxylic acids is 1. The summed E-state index contributed by atoms with van der Waals surface area (Å²) in [5.41, 5.74) is -0.978. The highest BCUT2D eigenvalue weighted by molar-refractivity contribution is 5.83. The van der Waals surface area contributed by atoms with Gasteiger partial charge in [-0.25, -0.2) is 0 Å². The van der Waals surface area contributed by atoms with Crippen molar-refractivity contribution in [3.63, 3.8) is 0 Å². The van der Waals surface area contributed by atoms with Gasteiger partial charge in [-0.1, -0.05) is 13.8 Å². The Balaban J connectivity index is 1.48. The van der Waals surface area contributed by atoms with Crippen molar-refractivity contribution in [2.75, 3.05) is 19.8 Å². The molecule has 182 valence electrons. The second kappa shape index (κ2) is 8.81. The first-order valence-electron chi connectivity index (χ1n) is 11.6. The van der Waals surface area contributed by atoms with Gasteiger partial charge in [-0.05, 0) is 69.3 Å². The van der Waals surface area contributed by atoms with Crippen LogP contribution in [0.3, 0.4) is 0 Å². The van der Waals surface area contributed by atoms with Crippen molar-refractivity contribution >= 4 is 11.9 Å². The molecule has 4 rings (SSSR count). The predicted molar refractivity (Wildman–Crippen MR) is 114 cm³/mol. The van der Waals surface area contributed by atoms with E-state index in [-0.39, 0.29) is 37.1 Å². The van der Waals surface area contributed by atoms with E-state index in [9.17, 15) is 27.9 Å². The van der Waals surface area contributed by atoms with Crippen molar-refractivity contribution in [2.24, 2.45) is 17.3 Å². The van der Waals surface area contributed by atoms with Gasteiger partial charge in [0.2, 0.25) is 5.91 Å². The van der Waals surface area contributed by atoms with Crippen LogP contribution in [0, 0.1) is 17.3 Å². The summed E-state index contributed by atoms with van der Waals surface area (Å²) in [5.74, 6) is -0.660. The lowest BCUT2D eigenvalue weighted by Crippen LogP contribution is -2.49. The van der Waals surface area contributed by atoms with Crippen molar-refractivity contribution in [3.05, 3.63) is 29.3 Å². The van der Waals surface area contributed by atoms with Gasteiger partial charge in [0.25, 0.3) is 0 Å². The second-order valence-electron chi connectivity index (χ2n) is 9.95. The summed E-state index contributed by atoms with van der Waals surface area (Å²) in [4.78, 5) is 28.9. The molecule has 0 unspecified atom stereocenters. The second-order valence-corrected chi connectivity index (χ2v) is 9.95. The molecule has 0 aromatic heterocycles. The Bertz CT molecular complexity index is 911. The average Bonchev–Trinajstić information content (AvgIpc) is 3.24. The van der Waals surface area contributed by atoms with Gasteiger partial charge >= 0.3 is 12.1 Å². The molecule has 0 bridgehead atoms. The van der Waals surface area contributed by atoms with Crippen molar-refractivity contribution < 1.29 is 32.6 Å². The van der Waals surface area contributed by atoms with Crippen molar-refractivity contribution in [3.8, 4) is 5.75 Å². The Morgan fingerprint density at radius 3 is 2.48 bits per heavy atom. The SMILES string of the molecule is CC(C)[C@]1(C(=O)N2COc3ccc(C(F)(F)F)cc3C2)CC[C@@H](N2CCC(C(=O)O)CC2)C1. The van der Waals surface area contributed by atoms with Crippen LogP contribution in [0.5, 0.6) is 5.75 Å². The number of rotatable bonds is 4. The number of carboxylic acid groups (broad SMARTS) is 1. The summed E-state index contributed by atoms with van der Waals surface area (Å²) in [6.07, 6.45) is -0.982. The van der Waals surface area contributed by atoms with Crippen LogP contribution >= 0.6 is 0 Å². The third kappa shape index (κ3) is 4.56. The van der Waals surface area contributed by atoms with E-state index in [4.69, 9.17) is 4.74 Å². The van der Waals surface area contributed by atoms with Crippen LogP contribution in [-0.2, 0) is 22.3 Å². The van der Waals surface area contributed by atoms with Gasteiger partial charge in [-0.2, -0.15) is 13.2 Å². The minimum atomic E-state index is -4.45. The molecule has 2 fully saturated rings. The van der Waals surface area contributed by atoms with Gasteiger partial charge in [-0.15, -0.1) is 0 Å². The van der Waals surface area contributed by atoms with Crippen LogP contribution in [0.2, 0.25) is 0 Å². The molecule has 2 atom stereocenters. The lowest BCUT2D eigenvalue weighted by atomic mass is 9.74. The number of benzene rings is 1. The Morgan fingerprint density at radius 1 is 1.18 bits per heavy atom.